The van der Waals surface area contributed by atoms with Gasteiger partial charge in [0.1, 0.15) is 0 Å². The third-order valence-corrected chi connectivity index (χ3v) is 4.42. The summed E-state index contributed by atoms with van der Waals surface area (Å²) in [5.74, 6) is 0.0579. The lowest BCUT2D eigenvalue weighted by molar-refractivity contribution is 0.0943. The summed E-state index contributed by atoms with van der Waals surface area (Å²) in [5, 5.41) is 6.50. The van der Waals surface area contributed by atoms with Gasteiger partial charge in [-0.05, 0) is 61.8 Å². The minimum atomic E-state index is 0.0579. The van der Waals surface area contributed by atoms with Crippen molar-refractivity contribution in [2.24, 2.45) is 5.41 Å². The third-order valence-electron chi connectivity index (χ3n) is 4.42. The standard InChI is InChI=1S/C18H28N2O/c1-4-8-18(9-10-18)13-20-17(21)15-6-7-16(14(3)12-15)19-11-5-2/h6-7,12,19H,4-5,8-11,13H2,1-3H3,(H,20,21). The van der Waals surface area contributed by atoms with Crippen LogP contribution in [0.5, 0.6) is 0 Å². The van der Waals surface area contributed by atoms with Crippen LogP contribution in [0.25, 0.3) is 0 Å². The first-order chi connectivity index (χ1) is 10.1. The maximum atomic E-state index is 12.3. The number of hydrogen-bond acceptors (Lipinski definition) is 2. The molecular formula is C18H28N2O. The number of hydrogen-bond donors (Lipinski definition) is 2. The van der Waals surface area contributed by atoms with Gasteiger partial charge in [0, 0.05) is 24.3 Å². The second-order valence-electron chi connectivity index (χ2n) is 6.39. The van der Waals surface area contributed by atoms with Gasteiger partial charge in [0.05, 0.1) is 0 Å². The average molecular weight is 288 g/mol. The molecule has 1 amide bonds. The fourth-order valence-corrected chi connectivity index (χ4v) is 2.86. The Bertz CT molecular complexity index is 492. The molecular weight excluding hydrogens is 260 g/mol. The molecule has 0 saturated heterocycles. The summed E-state index contributed by atoms with van der Waals surface area (Å²) in [6.45, 7) is 8.20. The van der Waals surface area contributed by atoms with Crippen molar-refractivity contribution in [3.8, 4) is 0 Å². The monoisotopic (exact) mass is 288 g/mol. The van der Waals surface area contributed by atoms with Gasteiger partial charge in [0.25, 0.3) is 5.91 Å². The van der Waals surface area contributed by atoms with E-state index in [1.165, 1.54) is 25.7 Å². The molecule has 1 aliphatic rings. The summed E-state index contributed by atoms with van der Waals surface area (Å²) in [7, 11) is 0. The molecule has 0 heterocycles. The molecule has 116 valence electrons. The first-order valence-corrected chi connectivity index (χ1v) is 8.23. The van der Waals surface area contributed by atoms with Crippen LogP contribution in [0.3, 0.4) is 0 Å². The van der Waals surface area contributed by atoms with Gasteiger partial charge in [-0.1, -0.05) is 20.3 Å². The lowest BCUT2D eigenvalue weighted by Crippen LogP contribution is -2.30. The Labute approximate surface area is 128 Å². The molecule has 0 radical (unpaired) electrons. The van der Waals surface area contributed by atoms with Crippen molar-refractivity contribution < 1.29 is 4.79 Å². The van der Waals surface area contributed by atoms with Crippen LogP contribution in [0.15, 0.2) is 18.2 Å². The molecule has 1 fully saturated rings. The van der Waals surface area contributed by atoms with Gasteiger partial charge >= 0.3 is 0 Å². The summed E-state index contributed by atoms with van der Waals surface area (Å²) < 4.78 is 0. The zero-order valence-corrected chi connectivity index (χ0v) is 13.6. The van der Waals surface area contributed by atoms with E-state index in [0.29, 0.717) is 5.41 Å². The molecule has 2 N–H and O–H groups in total. The van der Waals surface area contributed by atoms with Crippen molar-refractivity contribution in [2.75, 3.05) is 18.4 Å². The number of amides is 1. The Balaban J connectivity index is 1.92. The van der Waals surface area contributed by atoms with Crippen molar-refractivity contribution in [2.45, 2.75) is 52.9 Å². The van der Waals surface area contributed by atoms with Gasteiger partial charge in [-0.25, -0.2) is 0 Å². The zero-order valence-electron chi connectivity index (χ0n) is 13.6. The predicted molar refractivity (Wildman–Crippen MR) is 88.9 cm³/mol. The lowest BCUT2D eigenvalue weighted by atomic mass is 10.0. The van der Waals surface area contributed by atoms with Crippen molar-refractivity contribution in [3.05, 3.63) is 29.3 Å². The molecule has 0 spiro atoms. The fourth-order valence-electron chi connectivity index (χ4n) is 2.86. The van der Waals surface area contributed by atoms with E-state index in [1.807, 2.05) is 25.1 Å². The Morgan fingerprint density at radius 3 is 2.57 bits per heavy atom. The summed E-state index contributed by atoms with van der Waals surface area (Å²) in [6.07, 6.45) is 6.06. The summed E-state index contributed by atoms with van der Waals surface area (Å²) >= 11 is 0. The Morgan fingerprint density at radius 2 is 2.00 bits per heavy atom. The van der Waals surface area contributed by atoms with E-state index in [0.717, 1.165) is 36.3 Å². The number of rotatable bonds is 8. The van der Waals surface area contributed by atoms with Gasteiger partial charge < -0.3 is 10.6 Å². The zero-order chi connectivity index (χ0) is 15.3. The number of aryl methyl sites for hydroxylation is 1. The van der Waals surface area contributed by atoms with E-state index in [1.54, 1.807) is 0 Å². The van der Waals surface area contributed by atoms with Gasteiger partial charge in [-0.15, -0.1) is 0 Å². The molecule has 0 atom stereocenters. The predicted octanol–water partition coefficient (Wildman–Crippen LogP) is 4.13. The van der Waals surface area contributed by atoms with Gasteiger partial charge in [0.2, 0.25) is 0 Å². The molecule has 1 aromatic carbocycles. The summed E-state index contributed by atoms with van der Waals surface area (Å²) in [6, 6.07) is 5.91. The van der Waals surface area contributed by atoms with Crippen LogP contribution in [0.1, 0.15) is 61.9 Å². The molecule has 21 heavy (non-hydrogen) atoms. The highest BCUT2D eigenvalue weighted by Crippen LogP contribution is 2.48. The first kappa shape index (κ1) is 15.9. The molecule has 0 unspecified atom stereocenters. The van der Waals surface area contributed by atoms with E-state index in [9.17, 15) is 4.79 Å². The van der Waals surface area contributed by atoms with Gasteiger partial charge in [0.15, 0.2) is 0 Å². The van der Waals surface area contributed by atoms with Crippen molar-refractivity contribution in [3.63, 3.8) is 0 Å². The van der Waals surface area contributed by atoms with Crippen molar-refractivity contribution >= 4 is 11.6 Å². The molecule has 2 rings (SSSR count). The second-order valence-corrected chi connectivity index (χ2v) is 6.39. The van der Waals surface area contributed by atoms with E-state index in [2.05, 4.69) is 24.5 Å². The SMILES string of the molecule is CCCNc1ccc(C(=O)NCC2(CCC)CC2)cc1C. The normalized spacial score (nSPS) is 15.6. The van der Waals surface area contributed by atoms with Gasteiger partial charge in [-0.3, -0.25) is 4.79 Å². The number of anilines is 1. The molecule has 1 aliphatic carbocycles. The van der Waals surface area contributed by atoms with Crippen molar-refractivity contribution in [1.82, 2.24) is 5.32 Å². The molecule has 3 heteroatoms. The highest BCUT2D eigenvalue weighted by Gasteiger charge is 2.41. The quantitative estimate of drug-likeness (QED) is 0.755. The molecule has 1 aromatic rings. The Kier molecular flexibility index (Phi) is 5.27. The van der Waals surface area contributed by atoms with Crippen molar-refractivity contribution in [1.29, 1.82) is 0 Å². The molecule has 0 aliphatic heterocycles. The largest absolute Gasteiger partial charge is 0.385 e. The summed E-state index contributed by atoms with van der Waals surface area (Å²) in [5.41, 5.74) is 3.42. The van der Waals surface area contributed by atoms with Crippen LogP contribution in [0.2, 0.25) is 0 Å². The minimum absolute atomic E-state index is 0.0579. The highest BCUT2D eigenvalue weighted by molar-refractivity contribution is 5.94. The average Bonchev–Trinajstić information content (AvgIpc) is 3.24. The van der Waals surface area contributed by atoms with E-state index >= 15 is 0 Å². The maximum absolute atomic E-state index is 12.3. The fraction of sp³-hybridized carbons (Fsp3) is 0.611. The minimum Gasteiger partial charge on any atom is -0.385 e. The van der Waals surface area contributed by atoms with Crippen LogP contribution >= 0.6 is 0 Å². The number of carbonyl (C=O) groups is 1. The van der Waals surface area contributed by atoms with Crippen LogP contribution in [-0.4, -0.2) is 19.0 Å². The van der Waals surface area contributed by atoms with Gasteiger partial charge in [-0.2, -0.15) is 0 Å². The Morgan fingerprint density at radius 1 is 1.24 bits per heavy atom. The Hall–Kier alpha value is -1.51. The molecule has 1 saturated carbocycles. The number of nitrogens with one attached hydrogen (secondary N) is 2. The second kappa shape index (κ2) is 6.97. The van der Waals surface area contributed by atoms with Crippen LogP contribution < -0.4 is 10.6 Å². The molecule has 0 aromatic heterocycles. The molecule has 0 bridgehead atoms. The number of carbonyl (C=O) groups excluding carboxylic acids is 1. The van der Waals surface area contributed by atoms with E-state index in [-0.39, 0.29) is 5.91 Å². The summed E-state index contributed by atoms with van der Waals surface area (Å²) in [4.78, 5) is 12.3. The van der Waals surface area contributed by atoms with Crippen LogP contribution in [-0.2, 0) is 0 Å². The smallest absolute Gasteiger partial charge is 0.251 e. The van der Waals surface area contributed by atoms with E-state index < -0.39 is 0 Å². The highest BCUT2D eigenvalue weighted by atomic mass is 16.1. The third kappa shape index (κ3) is 4.23. The van der Waals surface area contributed by atoms with E-state index in [4.69, 9.17) is 0 Å². The maximum Gasteiger partial charge on any atom is 0.251 e. The lowest BCUT2D eigenvalue weighted by Gasteiger charge is -2.15. The molecule has 3 nitrogen and oxygen atoms in total. The van der Waals surface area contributed by atoms with Crippen LogP contribution in [0.4, 0.5) is 5.69 Å². The topological polar surface area (TPSA) is 41.1 Å². The van der Waals surface area contributed by atoms with Crippen LogP contribution in [0, 0.1) is 12.3 Å². The number of benzene rings is 1. The first-order valence-electron chi connectivity index (χ1n) is 8.23.